The first kappa shape index (κ1) is 19.8. The second kappa shape index (κ2) is 8.41. The van der Waals surface area contributed by atoms with Crippen LogP contribution in [0.3, 0.4) is 0 Å². The normalized spacial score (nSPS) is 17.8. The molecule has 3 rings (SSSR count). The SMILES string of the molecule is CC(=O)N1CCC(C2CN(c3nccc(COC(=O)N=C(N)N)c3F)C2)CC1. The predicted octanol–water partition coefficient (Wildman–Crippen LogP) is 0.825. The molecule has 0 aromatic carbocycles. The van der Waals surface area contributed by atoms with Gasteiger partial charge in [-0.3, -0.25) is 4.79 Å². The third-order valence-electron chi connectivity index (χ3n) is 5.38. The molecule has 0 bridgehead atoms. The summed E-state index contributed by atoms with van der Waals surface area (Å²) in [5, 5.41) is 0. The van der Waals surface area contributed by atoms with E-state index in [-0.39, 0.29) is 23.9 Å². The zero-order valence-electron chi connectivity index (χ0n) is 15.8. The fourth-order valence-electron chi connectivity index (χ4n) is 3.75. The Labute approximate surface area is 162 Å². The fourth-order valence-corrected chi connectivity index (χ4v) is 3.75. The number of amides is 2. The number of piperidine rings is 1. The maximum Gasteiger partial charge on any atom is 0.437 e. The van der Waals surface area contributed by atoms with Gasteiger partial charge in [0, 0.05) is 44.9 Å². The summed E-state index contributed by atoms with van der Waals surface area (Å²) in [6.07, 6.45) is 2.48. The minimum atomic E-state index is -0.973. The standard InChI is InChI=1S/C18H25FN6O3/c1-11(26)24-6-3-12(4-7-24)14-8-25(9-14)16-15(19)13(2-5-22-16)10-28-18(27)23-17(20)21/h2,5,12,14H,3-4,6-10H2,1H3,(H4,20,21,23,27). The zero-order chi connectivity index (χ0) is 20.3. The molecule has 152 valence electrons. The number of hydrogen-bond acceptors (Lipinski definition) is 5. The van der Waals surface area contributed by atoms with Crippen LogP contribution in [-0.4, -0.2) is 54.0 Å². The van der Waals surface area contributed by atoms with Crippen LogP contribution in [-0.2, 0) is 16.1 Å². The van der Waals surface area contributed by atoms with Crippen molar-refractivity contribution in [2.45, 2.75) is 26.4 Å². The third-order valence-corrected chi connectivity index (χ3v) is 5.38. The topological polar surface area (TPSA) is 127 Å². The summed E-state index contributed by atoms with van der Waals surface area (Å²) in [6.45, 7) is 4.36. The lowest BCUT2D eigenvalue weighted by Gasteiger charge is -2.46. The summed E-state index contributed by atoms with van der Waals surface area (Å²) >= 11 is 0. The molecule has 2 amide bonds. The zero-order valence-corrected chi connectivity index (χ0v) is 15.8. The highest BCUT2D eigenvalue weighted by Gasteiger charge is 2.37. The molecule has 4 N–H and O–H groups in total. The van der Waals surface area contributed by atoms with Crippen molar-refractivity contribution in [2.75, 3.05) is 31.1 Å². The van der Waals surface area contributed by atoms with Crippen molar-refractivity contribution in [3.8, 4) is 0 Å². The third kappa shape index (κ3) is 4.49. The molecule has 0 spiro atoms. The molecule has 1 aromatic heterocycles. The molecule has 0 saturated carbocycles. The first-order valence-electron chi connectivity index (χ1n) is 9.25. The number of aliphatic imine (C=N–C) groups is 1. The van der Waals surface area contributed by atoms with Crippen molar-refractivity contribution in [3.63, 3.8) is 0 Å². The molecule has 0 unspecified atom stereocenters. The molecule has 2 aliphatic rings. The van der Waals surface area contributed by atoms with Crippen molar-refractivity contribution in [3.05, 3.63) is 23.6 Å². The van der Waals surface area contributed by atoms with Crippen molar-refractivity contribution < 1.29 is 18.7 Å². The molecule has 10 heteroatoms. The van der Waals surface area contributed by atoms with Crippen LogP contribution in [0.1, 0.15) is 25.3 Å². The fraction of sp³-hybridized carbons (Fsp3) is 0.556. The number of pyridine rings is 1. The van der Waals surface area contributed by atoms with Crippen LogP contribution in [0.25, 0.3) is 0 Å². The molecular formula is C18H25FN6O3. The van der Waals surface area contributed by atoms with E-state index in [0.717, 1.165) is 39.0 Å². The molecule has 2 fully saturated rings. The number of guanidine groups is 1. The van der Waals surface area contributed by atoms with Gasteiger partial charge in [0.05, 0.1) is 0 Å². The van der Waals surface area contributed by atoms with E-state index in [0.29, 0.717) is 11.8 Å². The summed E-state index contributed by atoms with van der Waals surface area (Å²) in [5.41, 5.74) is 10.4. The van der Waals surface area contributed by atoms with Gasteiger partial charge in [0.2, 0.25) is 5.91 Å². The summed E-state index contributed by atoms with van der Waals surface area (Å²) in [6, 6.07) is 1.45. The second-order valence-electron chi connectivity index (χ2n) is 7.21. The number of aromatic nitrogens is 1. The number of carbonyl (C=O) groups is 2. The highest BCUT2D eigenvalue weighted by Crippen LogP contribution is 2.35. The summed E-state index contributed by atoms with van der Waals surface area (Å²) in [7, 11) is 0. The van der Waals surface area contributed by atoms with Gasteiger partial charge < -0.3 is 26.0 Å². The van der Waals surface area contributed by atoms with Crippen LogP contribution in [0.2, 0.25) is 0 Å². The molecule has 1 aromatic rings. The van der Waals surface area contributed by atoms with Gasteiger partial charge in [0.15, 0.2) is 17.6 Å². The lowest BCUT2D eigenvalue weighted by Crippen LogP contribution is -2.53. The highest BCUT2D eigenvalue weighted by atomic mass is 19.1. The average Bonchev–Trinajstić information content (AvgIpc) is 2.60. The summed E-state index contributed by atoms with van der Waals surface area (Å²) in [5.74, 6) is 0.467. The molecule has 2 saturated heterocycles. The Morgan fingerprint density at radius 2 is 1.96 bits per heavy atom. The van der Waals surface area contributed by atoms with E-state index >= 15 is 0 Å². The predicted molar refractivity (Wildman–Crippen MR) is 101 cm³/mol. The number of rotatable bonds is 4. The van der Waals surface area contributed by atoms with Crippen LogP contribution in [0, 0.1) is 17.7 Å². The number of nitrogens with two attached hydrogens (primary N) is 2. The average molecular weight is 392 g/mol. The lowest BCUT2D eigenvalue weighted by molar-refractivity contribution is -0.130. The van der Waals surface area contributed by atoms with E-state index in [1.807, 2.05) is 9.80 Å². The van der Waals surface area contributed by atoms with E-state index < -0.39 is 17.9 Å². The molecule has 0 radical (unpaired) electrons. The van der Waals surface area contributed by atoms with Gasteiger partial charge in [-0.15, -0.1) is 4.99 Å². The van der Waals surface area contributed by atoms with Gasteiger partial charge in [-0.25, -0.2) is 14.2 Å². The maximum absolute atomic E-state index is 14.7. The Kier molecular flexibility index (Phi) is 5.96. The van der Waals surface area contributed by atoms with Crippen molar-refractivity contribution >= 4 is 23.8 Å². The van der Waals surface area contributed by atoms with Crippen molar-refractivity contribution in [2.24, 2.45) is 28.3 Å². The molecular weight excluding hydrogens is 367 g/mol. The number of likely N-dealkylation sites (tertiary alicyclic amines) is 1. The van der Waals surface area contributed by atoms with Gasteiger partial charge >= 0.3 is 6.09 Å². The van der Waals surface area contributed by atoms with E-state index in [4.69, 9.17) is 16.2 Å². The Hall–Kier alpha value is -2.91. The van der Waals surface area contributed by atoms with E-state index in [1.54, 1.807) is 6.92 Å². The number of hydrogen-bond donors (Lipinski definition) is 2. The minimum absolute atomic E-state index is 0.123. The largest absolute Gasteiger partial charge is 0.443 e. The molecule has 0 aliphatic carbocycles. The molecule has 9 nitrogen and oxygen atoms in total. The Morgan fingerprint density at radius 1 is 1.29 bits per heavy atom. The van der Waals surface area contributed by atoms with Crippen molar-refractivity contribution in [1.82, 2.24) is 9.88 Å². The van der Waals surface area contributed by atoms with Gasteiger partial charge in [0.25, 0.3) is 0 Å². The van der Waals surface area contributed by atoms with E-state index in [1.165, 1.54) is 12.3 Å². The van der Waals surface area contributed by atoms with Crippen LogP contribution < -0.4 is 16.4 Å². The van der Waals surface area contributed by atoms with Crippen molar-refractivity contribution in [1.29, 1.82) is 0 Å². The molecule has 28 heavy (non-hydrogen) atoms. The number of nitrogens with zero attached hydrogens (tertiary/aromatic N) is 4. The summed E-state index contributed by atoms with van der Waals surface area (Å²) < 4.78 is 19.6. The van der Waals surface area contributed by atoms with Gasteiger partial charge in [0.1, 0.15) is 6.61 Å². The Morgan fingerprint density at radius 3 is 2.57 bits per heavy atom. The minimum Gasteiger partial charge on any atom is -0.443 e. The molecule has 2 aliphatic heterocycles. The first-order chi connectivity index (χ1) is 13.3. The van der Waals surface area contributed by atoms with Crippen LogP contribution in [0.4, 0.5) is 15.0 Å². The second-order valence-corrected chi connectivity index (χ2v) is 7.21. The first-order valence-corrected chi connectivity index (χ1v) is 9.25. The number of halogens is 1. The lowest BCUT2D eigenvalue weighted by atomic mass is 9.79. The maximum atomic E-state index is 14.7. The Balaban J connectivity index is 1.54. The molecule has 3 heterocycles. The molecule has 0 atom stereocenters. The monoisotopic (exact) mass is 392 g/mol. The number of ether oxygens (including phenoxy) is 1. The van der Waals surface area contributed by atoms with Crippen LogP contribution in [0.15, 0.2) is 17.3 Å². The highest BCUT2D eigenvalue weighted by molar-refractivity contribution is 5.87. The van der Waals surface area contributed by atoms with E-state index in [2.05, 4.69) is 9.98 Å². The van der Waals surface area contributed by atoms with E-state index in [9.17, 15) is 14.0 Å². The van der Waals surface area contributed by atoms with Gasteiger partial charge in [-0.1, -0.05) is 0 Å². The van der Waals surface area contributed by atoms with Gasteiger partial charge in [-0.05, 0) is 30.7 Å². The number of carbonyl (C=O) groups excluding carboxylic acids is 2. The van der Waals surface area contributed by atoms with Gasteiger partial charge in [-0.2, -0.15) is 0 Å². The van der Waals surface area contributed by atoms with Crippen LogP contribution >= 0.6 is 0 Å². The Bertz CT molecular complexity index is 769. The van der Waals surface area contributed by atoms with Crippen LogP contribution in [0.5, 0.6) is 0 Å². The number of anilines is 1. The quantitative estimate of drug-likeness (QED) is 0.574. The summed E-state index contributed by atoms with van der Waals surface area (Å²) in [4.78, 5) is 33.9. The smallest absolute Gasteiger partial charge is 0.437 e.